The summed E-state index contributed by atoms with van der Waals surface area (Å²) < 4.78 is 41.0. The molecule has 0 spiro atoms. The fraction of sp³-hybridized carbons (Fsp3) is 0.625. The minimum absolute atomic E-state index is 0.0398. The third kappa shape index (κ3) is 3.87. The molecule has 0 unspecified atom stereocenters. The van der Waals surface area contributed by atoms with E-state index in [1.54, 1.807) is 24.3 Å². The van der Waals surface area contributed by atoms with Crippen molar-refractivity contribution in [2.45, 2.75) is 56.8 Å². The Hall–Kier alpha value is -0.950. The monoisotopic (exact) mass is 328 g/mol. The first-order valence-electron chi connectivity index (χ1n) is 7.79. The number of benzene rings is 1. The number of ether oxygens (including phenoxy) is 2. The highest BCUT2D eigenvalue weighted by Crippen LogP contribution is 2.30. The Labute approximate surface area is 132 Å². The van der Waals surface area contributed by atoms with Gasteiger partial charge >= 0.3 is 0 Å². The Kier molecular flexibility index (Phi) is 5.97. The molecule has 3 atom stereocenters. The second-order valence-corrected chi connectivity index (χ2v) is 6.82. The quantitative estimate of drug-likeness (QED) is 0.798. The smallest absolute Gasteiger partial charge is 0.297 e. The number of hydrogen-bond donors (Lipinski definition) is 0. The average Bonchev–Trinajstić information content (AvgIpc) is 2.92. The summed E-state index contributed by atoms with van der Waals surface area (Å²) >= 11 is 0. The van der Waals surface area contributed by atoms with Gasteiger partial charge in [0.1, 0.15) is 12.2 Å². The number of hydrogen-bond acceptors (Lipinski definition) is 5. The van der Waals surface area contributed by atoms with Crippen LogP contribution in [0.1, 0.15) is 32.3 Å². The van der Waals surface area contributed by atoms with Crippen molar-refractivity contribution in [1.29, 1.82) is 0 Å². The van der Waals surface area contributed by atoms with Gasteiger partial charge in [-0.3, -0.25) is 4.18 Å². The van der Waals surface area contributed by atoms with Gasteiger partial charge in [0.05, 0.1) is 17.6 Å². The van der Waals surface area contributed by atoms with Crippen LogP contribution in [0, 0.1) is 6.92 Å². The van der Waals surface area contributed by atoms with E-state index in [1.165, 1.54) is 0 Å². The number of aryl methyl sites for hydroxylation is 1. The minimum Gasteiger partial charge on any atom is -0.373 e. The van der Waals surface area contributed by atoms with Crippen LogP contribution < -0.4 is 0 Å². The van der Waals surface area contributed by atoms with Gasteiger partial charge in [0.2, 0.25) is 0 Å². The molecule has 3 rings (SSSR count). The predicted octanol–water partition coefficient (Wildman–Crippen LogP) is 2.67. The summed E-state index contributed by atoms with van der Waals surface area (Å²) in [5.74, 6) is 0. The van der Waals surface area contributed by atoms with Gasteiger partial charge < -0.3 is 9.47 Å². The maximum absolute atomic E-state index is 12.2. The van der Waals surface area contributed by atoms with E-state index in [4.69, 9.17) is 13.7 Å². The molecule has 5 nitrogen and oxygen atoms in total. The highest BCUT2D eigenvalue weighted by atomic mass is 32.2. The molecular formula is C16H24O5S. The highest BCUT2D eigenvalue weighted by molar-refractivity contribution is 7.86. The van der Waals surface area contributed by atoms with E-state index in [0.717, 1.165) is 18.4 Å². The number of rotatable bonds is 3. The van der Waals surface area contributed by atoms with Gasteiger partial charge in [-0.1, -0.05) is 31.5 Å². The SMILES string of the molecule is CC.Cc1ccc(S(=O)(=O)O[C@@H]2CO[C@@H]3CCCO[C@@H]32)cc1. The summed E-state index contributed by atoms with van der Waals surface area (Å²) in [6.45, 7) is 6.80. The van der Waals surface area contributed by atoms with Gasteiger partial charge in [-0.25, -0.2) is 0 Å². The number of fused-ring (bicyclic) bond motifs is 1. The van der Waals surface area contributed by atoms with Gasteiger partial charge in [-0.15, -0.1) is 0 Å². The molecule has 0 amide bonds. The molecule has 0 aromatic heterocycles. The van der Waals surface area contributed by atoms with Crippen molar-refractivity contribution in [3.63, 3.8) is 0 Å². The van der Waals surface area contributed by atoms with Crippen LogP contribution in [0.4, 0.5) is 0 Å². The first-order chi connectivity index (χ1) is 10.6. The molecule has 0 bridgehead atoms. The molecule has 0 saturated carbocycles. The van der Waals surface area contributed by atoms with E-state index >= 15 is 0 Å². The molecular weight excluding hydrogens is 304 g/mol. The zero-order valence-electron chi connectivity index (χ0n) is 13.3. The maximum atomic E-state index is 12.2. The third-order valence-electron chi connectivity index (χ3n) is 3.71. The topological polar surface area (TPSA) is 61.8 Å². The van der Waals surface area contributed by atoms with Crippen LogP contribution in [-0.4, -0.2) is 39.9 Å². The van der Waals surface area contributed by atoms with Crippen molar-refractivity contribution >= 4 is 10.1 Å². The summed E-state index contributed by atoms with van der Waals surface area (Å²) in [7, 11) is -3.77. The van der Waals surface area contributed by atoms with Crippen LogP contribution in [-0.2, 0) is 23.8 Å². The molecule has 2 saturated heterocycles. The fourth-order valence-corrected chi connectivity index (χ4v) is 3.69. The van der Waals surface area contributed by atoms with Crippen LogP contribution in [0.2, 0.25) is 0 Å². The molecule has 2 aliphatic heterocycles. The van der Waals surface area contributed by atoms with E-state index in [9.17, 15) is 8.42 Å². The summed E-state index contributed by atoms with van der Waals surface area (Å²) in [6, 6.07) is 6.61. The van der Waals surface area contributed by atoms with Crippen LogP contribution in [0.5, 0.6) is 0 Å². The summed E-state index contributed by atoms with van der Waals surface area (Å²) in [4.78, 5) is 0.169. The Morgan fingerprint density at radius 3 is 2.50 bits per heavy atom. The lowest BCUT2D eigenvalue weighted by Crippen LogP contribution is -2.39. The Morgan fingerprint density at radius 1 is 1.14 bits per heavy atom. The first kappa shape index (κ1) is 17.4. The molecule has 1 aromatic rings. The zero-order valence-corrected chi connectivity index (χ0v) is 14.1. The van der Waals surface area contributed by atoms with Crippen molar-refractivity contribution in [2.75, 3.05) is 13.2 Å². The van der Waals surface area contributed by atoms with Crippen molar-refractivity contribution < 1.29 is 22.1 Å². The summed E-state index contributed by atoms with van der Waals surface area (Å²) in [6.07, 6.45) is 0.978. The first-order valence-corrected chi connectivity index (χ1v) is 9.20. The molecule has 124 valence electrons. The van der Waals surface area contributed by atoms with Gasteiger partial charge in [-0.05, 0) is 31.9 Å². The van der Waals surface area contributed by atoms with E-state index in [1.807, 2.05) is 20.8 Å². The molecule has 2 aliphatic rings. The Balaban J connectivity index is 0.000000847. The lowest BCUT2D eigenvalue weighted by molar-refractivity contribution is -0.0641. The second kappa shape index (κ2) is 7.55. The second-order valence-electron chi connectivity index (χ2n) is 5.25. The van der Waals surface area contributed by atoms with Gasteiger partial charge in [-0.2, -0.15) is 8.42 Å². The highest BCUT2D eigenvalue weighted by Gasteiger charge is 2.43. The maximum Gasteiger partial charge on any atom is 0.297 e. The normalized spacial score (nSPS) is 27.7. The summed E-state index contributed by atoms with van der Waals surface area (Å²) in [5, 5.41) is 0. The standard InChI is InChI=1S/C14H18O5S.C2H6/c1-10-4-6-11(7-5-10)20(15,16)19-13-9-18-12-3-2-8-17-14(12)13;1-2/h4-7,12-14H,2-3,8-9H2,1H3;1-2H3/t12-,13-,14+;/m1./s1. The van der Waals surface area contributed by atoms with Crippen molar-refractivity contribution in [3.8, 4) is 0 Å². The average molecular weight is 328 g/mol. The lowest BCUT2D eigenvalue weighted by atomic mass is 10.0. The van der Waals surface area contributed by atoms with Crippen molar-refractivity contribution in [2.24, 2.45) is 0 Å². The molecule has 0 N–H and O–H groups in total. The lowest BCUT2D eigenvalue weighted by Gasteiger charge is -2.27. The molecule has 2 fully saturated rings. The molecule has 0 aliphatic carbocycles. The van der Waals surface area contributed by atoms with Gasteiger partial charge in [0.25, 0.3) is 10.1 Å². The predicted molar refractivity (Wildman–Crippen MR) is 83.3 cm³/mol. The molecule has 22 heavy (non-hydrogen) atoms. The van der Waals surface area contributed by atoms with E-state index in [0.29, 0.717) is 6.61 Å². The molecule has 0 radical (unpaired) electrons. The van der Waals surface area contributed by atoms with E-state index in [-0.39, 0.29) is 23.7 Å². The largest absolute Gasteiger partial charge is 0.373 e. The van der Waals surface area contributed by atoms with Crippen LogP contribution in [0.3, 0.4) is 0 Å². The minimum atomic E-state index is -3.77. The Morgan fingerprint density at radius 2 is 1.82 bits per heavy atom. The Bertz CT molecular complexity index is 567. The molecule has 1 aromatic carbocycles. The van der Waals surface area contributed by atoms with Crippen LogP contribution in [0.15, 0.2) is 29.2 Å². The fourth-order valence-electron chi connectivity index (χ4n) is 2.62. The molecule has 2 heterocycles. The van der Waals surface area contributed by atoms with E-state index in [2.05, 4.69) is 0 Å². The van der Waals surface area contributed by atoms with E-state index < -0.39 is 16.2 Å². The van der Waals surface area contributed by atoms with Crippen molar-refractivity contribution in [1.82, 2.24) is 0 Å². The van der Waals surface area contributed by atoms with Crippen molar-refractivity contribution in [3.05, 3.63) is 29.8 Å². The van der Waals surface area contributed by atoms with Crippen LogP contribution >= 0.6 is 0 Å². The van der Waals surface area contributed by atoms with Crippen LogP contribution in [0.25, 0.3) is 0 Å². The van der Waals surface area contributed by atoms with Gasteiger partial charge in [0, 0.05) is 6.61 Å². The zero-order chi connectivity index (χ0) is 16.2. The summed E-state index contributed by atoms with van der Waals surface area (Å²) in [5.41, 5.74) is 1.00. The van der Waals surface area contributed by atoms with Gasteiger partial charge in [0.15, 0.2) is 0 Å². The molecule has 6 heteroatoms. The third-order valence-corrected chi connectivity index (χ3v) is 5.06.